The van der Waals surface area contributed by atoms with Crippen molar-refractivity contribution >= 4 is 27.3 Å². The lowest BCUT2D eigenvalue weighted by molar-refractivity contribution is -0.137. The predicted molar refractivity (Wildman–Crippen MR) is 108 cm³/mol. The molecule has 0 aromatic heterocycles. The van der Waals surface area contributed by atoms with Gasteiger partial charge in [0.1, 0.15) is 0 Å². The van der Waals surface area contributed by atoms with Crippen molar-refractivity contribution in [3.05, 3.63) is 90.0 Å². The molecule has 9 heteroatoms. The number of sulfonamides is 1. The van der Waals surface area contributed by atoms with E-state index in [1.165, 1.54) is 35.2 Å². The van der Waals surface area contributed by atoms with E-state index < -0.39 is 21.8 Å². The van der Waals surface area contributed by atoms with E-state index in [4.69, 9.17) is 0 Å². The van der Waals surface area contributed by atoms with Crippen LogP contribution in [0.4, 0.5) is 24.5 Å². The number of nitrogens with one attached hydrogen (secondary N) is 1. The quantitative estimate of drug-likeness (QED) is 0.628. The smallest absolute Gasteiger partial charge is 0.311 e. The molecule has 1 N–H and O–H groups in total. The van der Waals surface area contributed by atoms with Crippen molar-refractivity contribution in [2.45, 2.75) is 11.1 Å². The number of hydrogen-bond acceptors (Lipinski definition) is 3. The van der Waals surface area contributed by atoms with Gasteiger partial charge in [-0.15, -0.1) is 0 Å². The van der Waals surface area contributed by atoms with Crippen LogP contribution in [0.3, 0.4) is 0 Å². The summed E-state index contributed by atoms with van der Waals surface area (Å²) in [6.07, 6.45) is -4.59. The van der Waals surface area contributed by atoms with Gasteiger partial charge in [-0.1, -0.05) is 24.3 Å². The maximum absolute atomic E-state index is 12.8. The highest BCUT2D eigenvalue weighted by Crippen LogP contribution is 2.31. The third kappa shape index (κ3) is 4.80. The zero-order valence-corrected chi connectivity index (χ0v) is 16.5. The van der Waals surface area contributed by atoms with Crippen LogP contribution in [0, 0.1) is 0 Å². The third-order valence-electron chi connectivity index (χ3n) is 4.30. The maximum atomic E-state index is 12.8. The van der Waals surface area contributed by atoms with Crippen molar-refractivity contribution in [2.24, 2.45) is 0 Å². The van der Waals surface area contributed by atoms with Gasteiger partial charge in [0.15, 0.2) is 0 Å². The predicted octanol–water partition coefficient (Wildman–Crippen LogP) is 4.78. The molecule has 1 amide bonds. The van der Waals surface area contributed by atoms with Gasteiger partial charge in [0.05, 0.1) is 10.5 Å². The first kappa shape index (κ1) is 21.4. The van der Waals surface area contributed by atoms with Crippen molar-refractivity contribution in [1.29, 1.82) is 0 Å². The molecule has 0 saturated heterocycles. The van der Waals surface area contributed by atoms with Crippen LogP contribution in [-0.2, 0) is 16.2 Å². The van der Waals surface area contributed by atoms with E-state index in [2.05, 4.69) is 4.72 Å². The Morgan fingerprint density at radius 3 is 2.13 bits per heavy atom. The molecule has 3 rings (SSSR count). The van der Waals surface area contributed by atoms with E-state index in [1.54, 1.807) is 31.3 Å². The molecule has 0 fully saturated rings. The molecule has 3 aromatic carbocycles. The molecule has 0 saturated carbocycles. The van der Waals surface area contributed by atoms with Gasteiger partial charge in [0, 0.05) is 24.0 Å². The lowest BCUT2D eigenvalue weighted by Gasteiger charge is -2.17. The van der Waals surface area contributed by atoms with E-state index in [0.717, 1.165) is 12.1 Å². The lowest BCUT2D eigenvalue weighted by Crippen LogP contribution is -2.26. The van der Waals surface area contributed by atoms with E-state index in [0.29, 0.717) is 11.8 Å². The Morgan fingerprint density at radius 1 is 0.900 bits per heavy atom. The summed E-state index contributed by atoms with van der Waals surface area (Å²) in [4.78, 5) is 13.8. The molecular weight excluding hydrogens is 417 g/mol. The average molecular weight is 434 g/mol. The minimum absolute atomic E-state index is 0.182. The Morgan fingerprint density at radius 2 is 1.53 bits per heavy atom. The molecule has 0 atom stereocenters. The van der Waals surface area contributed by atoms with Crippen molar-refractivity contribution in [1.82, 2.24) is 0 Å². The third-order valence-corrected chi connectivity index (χ3v) is 5.70. The number of carbonyl (C=O) groups excluding carboxylic acids is 1. The molecule has 0 aliphatic rings. The summed E-state index contributed by atoms with van der Waals surface area (Å²) < 4.78 is 65.6. The zero-order valence-electron chi connectivity index (χ0n) is 15.7. The number of halogens is 3. The molecule has 0 bridgehead atoms. The second-order valence-electron chi connectivity index (χ2n) is 6.41. The van der Waals surface area contributed by atoms with Crippen molar-refractivity contribution in [3.63, 3.8) is 0 Å². The maximum Gasteiger partial charge on any atom is 0.416 e. The molecule has 5 nitrogen and oxygen atoms in total. The van der Waals surface area contributed by atoms with E-state index in [9.17, 15) is 26.4 Å². The molecule has 3 aromatic rings. The van der Waals surface area contributed by atoms with E-state index >= 15 is 0 Å². The molecule has 0 aliphatic heterocycles. The van der Waals surface area contributed by atoms with Gasteiger partial charge >= 0.3 is 6.18 Å². The molecule has 0 unspecified atom stereocenters. The summed E-state index contributed by atoms with van der Waals surface area (Å²) in [7, 11) is -2.54. The average Bonchev–Trinajstić information content (AvgIpc) is 2.72. The van der Waals surface area contributed by atoms with Gasteiger partial charge in [-0.3, -0.25) is 9.52 Å². The summed E-state index contributed by atoms with van der Waals surface area (Å²) in [5.41, 5.74) is -0.244. The number of benzene rings is 3. The summed E-state index contributed by atoms with van der Waals surface area (Å²) in [5.74, 6) is -0.337. The van der Waals surface area contributed by atoms with E-state index in [-0.39, 0.29) is 22.1 Å². The Hall–Kier alpha value is -3.33. The van der Waals surface area contributed by atoms with Gasteiger partial charge < -0.3 is 4.90 Å². The van der Waals surface area contributed by atoms with Crippen LogP contribution in [0.2, 0.25) is 0 Å². The number of amides is 1. The van der Waals surface area contributed by atoms with Crippen molar-refractivity contribution in [2.75, 3.05) is 16.7 Å². The Kier molecular flexibility index (Phi) is 5.84. The van der Waals surface area contributed by atoms with Crippen LogP contribution in [0.25, 0.3) is 0 Å². The second kappa shape index (κ2) is 8.19. The molecule has 0 aliphatic carbocycles. The molecule has 30 heavy (non-hydrogen) atoms. The van der Waals surface area contributed by atoms with Crippen LogP contribution < -0.4 is 9.62 Å². The monoisotopic (exact) mass is 434 g/mol. The second-order valence-corrected chi connectivity index (χ2v) is 8.09. The Balaban J connectivity index is 1.79. The highest BCUT2D eigenvalue weighted by molar-refractivity contribution is 7.92. The lowest BCUT2D eigenvalue weighted by atomic mass is 10.2. The van der Waals surface area contributed by atoms with Crippen molar-refractivity contribution in [3.8, 4) is 0 Å². The number of carbonyl (C=O) groups is 1. The van der Waals surface area contributed by atoms with Crippen LogP contribution in [0.5, 0.6) is 0 Å². The fraction of sp³-hybridized carbons (Fsp3) is 0.0952. The standard InChI is InChI=1S/C21H17F3N2O3S/c1-26(18-8-3-2-4-9-18)20(27)15-10-12-19(13-11-15)30(28,29)25-17-7-5-6-16(14-17)21(22,23)24/h2-14,25H,1H3. The number of nitrogens with zero attached hydrogens (tertiary/aromatic N) is 1. The fourth-order valence-electron chi connectivity index (χ4n) is 2.71. The van der Waals surface area contributed by atoms with Gasteiger partial charge in [0.2, 0.25) is 0 Å². The molecule has 0 heterocycles. The molecular formula is C21H17F3N2O3S. The van der Waals surface area contributed by atoms with Gasteiger partial charge in [-0.25, -0.2) is 8.42 Å². The van der Waals surface area contributed by atoms with Crippen LogP contribution in [0.1, 0.15) is 15.9 Å². The number of rotatable bonds is 5. The first-order chi connectivity index (χ1) is 14.1. The largest absolute Gasteiger partial charge is 0.416 e. The zero-order chi connectivity index (χ0) is 21.9. The SMILES string of the molecule is CN(C(=O)c1ccc(S(=O)(=O)Nc2cccc(C(F)(F)F)c2)cc1)c1ccccc1. The summed E-state index contributed by atoms with van der Waals surface area (Å²) in [6.45, 7) is 0. The fourth-order valence-corrected chi connectivity index (χ4v) is 3.76. The number of anilines is 2. The normalized spacial score (nSPS) is 11.7. The van der Waals surface area contributed by atoms with Crippen LogP contribution in [-0.4, -0.2) is 21.4 Å². The van der Waals surface area contributed by atoms with Gasteiger partial charge in [-0.2, -0.15) is 13.2 Å². The topological polar surface area (TPSA) is 66.5 Å². The first-order valence-electron chi connectivity index (χ1n) is 8.71. The first-order valence-corrected chi connectivity index (χ1v) is 10.2. The number of alkyl halides is 3. The highest BCUT2D eigenvalue weighted by atomic mass is 32.2. The molecule has 156 valence electrons. The number of hydrogen-bond donors (Lipinski definition) is 1. The van der Waals surface area contributed by atoms with Crippen LogP contribution in [0.15, 0.2) is 83.8 Å². The van der Waals surface area contributed by atoms with E-state index in [1.807, 2.05) is 6.07 Å². The highest BCUT2D eigenvalue weighted by Gasteiger charge is 2.30. The van der Waals surface area contributed by atoms with Crippen LogP contribution >= 0.6 is 0 Å². The molecule has 0 spiro atoms. The molecule has 0 radical (unpaired) electrons. The summed E-state index contributed by atoms with van der Waals surface area (Å²) >= 11 is 0. The van der Waals surface area contributed by atoms with Gasteiger partial charge in [0.25, 0.3) is 15.9 Å². The minimum Gasteiger partial charge on any atom is -0.311 e. The number of para-hydroxylation sites is 1. The van der Waals surface area contributed by atoms with Gasteiger partial charge in [-0.05, 0) is 54.6 Å². The minimum atomic E-state index is -4.59. The Labute approximate surface area is 171 Å². The van der Waals surface area contributed by atoms with Crippen molar-refractivity contribution < 1.29 is 26.4 Å². The Bertz CT molecular complexity index is 1150. The summed E-state index contributed by atoms with van der Waals surface area (Å²) in [6, 6.07) is 18.0. The summed E-state index contributed by atoms with van der Waals surface area (Å²) in [5, 5.41) is 0.